The van der Waals surface area contributed by atoms with Crippen molar-refractivity contribution in [2.24, 2.45) is 0 Å². The van der Waals surface area contributed by atoms with Gasteiger partial charge in [-0.2, -0.15) is 0 Å². The molecule has 2 aromatic rings. The van der Waals surface area contributed by atoms with Crippen molar-refractivity contribution in [1.29, 1.82) is 0 Å². The maximum atomic E-state index is 5.37. The van der Waals surface area contributed by atoms with Crippen molar-refractivity contribution in [3.05, 3.63) is 16.9 Å². The summed E-state index contributed by atoms with van der Waals surface area (Å²) in [7, 11) is 4.91. The molecule has 2 rings (SSSR count). The van der Waals surface area contributed by atoms with Gasteiger partial charge in [0.1, 0.15) is 0 Å². The zero-order valence-electron chi connectivity index (χ0n) is 11.5. The van der Waals surface area contributed by atoms with Gasteiger partial charge in [-0.1, -0.05) is 0 Å². The summed E-state index contributed by atoms with van der Waals surface area (Å²) in [4.78, 5) is 3.18. The van der Waals surface area contributed by atoms with E-state index in [1.54, 1.807) is 21.3 Å². The van der Waals surface area contributed by atoms with Crippen LogP contribution in [-0.2, 0) is 4.74 Å². The Morgan fingerprint density at radius 1 is 1.21 bits per heavy atom. The standard InChI is InChI=1S/C13H18N2O3S/c1-8(7-16-2)15-10-6-12(18-4)11(17-3)5-9(10)14-13(15)19/h5-6,8H,7H2,1-4H3,(H,14,19). The molecule has 1 N–H and O–H groups in total. The first-order valence-corrected chi connectivity index (χ1v) is 6.38. The third kappa shape index (κ3) is 2.46. The summed E-state index contributed by atoms with van der Waals surface area (Å²) in [6, 6.07) is 3.96. The molecule has 1 aromatic heterocycles. The van der Waals surface area contributed by atoms with E-state index in [0.29, 0.717) is 22.9 Å². The molecule has 0 fully saturated rings. The number of nitrogens with one attached hydrogen (secondary N) is 1. The van der Waals surface area contributed by atoms with Gasteiger partial charge >= 0.3 is 0 Å². The second-order valence-corrected chi connectivity index (χ2v) is 4.72. The van der Waals surface area contributed by atoms with E-state index in [2.05, 4.69) is 11.9 Å². The van der Waals surface area contributed by atoms with Crippen molar-refractivity contribution in [3.8, 4) is 11.5 Å². The number of aromatic nitrogens is 2. The van der Waals surface area contributed by atoms with Crippen molar-refractivity contribution >= 4 is 23.3 Å². The molecule has 0 amide bonds. The number of nitrogens with zero attached hydrogens (tertiary/aromatic N) is 1. The maximum absolute atomic E-state index is 5.37. The quantitative estimate of drug-likeness (QED) is 0.857. The molecule has 0 radical (unpaired) electrons. The summed E-state index contributed by atoms with van der Waals surface area (Å²) in [6.45, 7) is 2.65. The smallest absolute Gasteiger partial charge is 0.178 e. The minimum atomic E-state index is 0.143. The van der Waals surface area contributed by atoms with Crippen LogP contribution in [0.5, 0.6) is 11.5 Å². The Morgan fingerprint density at radius 3 is 2.42 bits per heavy atom. The van der Waals surface area contributed by atoms with Crippen LogP contribution in [0, 0.1) is 4.77 Å². The maximum Gasteiger partial charge on any atom is 0.178 e. The van der Waals surface area contributed by atoms with E-state index in [0.717, 1.165) is 11.0 Å². The molecule has 0 saturated carbocycles. The lowest BCUT2D eigenvalue weighted by molar-refractivity contribution is 0.163. The Hall–Kier alpha value is -1.53. The molecule has 104 valence electrons. The van der Waals surface area contributed by atoms with Gasteiger partial charge in [0.25, 0.3) is 0 Å². The van der Waals surface area contributed by atoms with Crippen molar-refractivity contribution in [2.45, 2.75) is 13.0 Å². The van der Waals surface area contributed by atoms with Crippen LogP contribution >= 0.6 is 12.2 Å². The summed E-state index contributed by atoms with van der Waals surface area (Å²) in [5.74, 6) is 1.36. The number of rotatable bonds is 5. The molecule has 6 heteroatoms. The predicted molar refractivity (Wildman–Crippen MR) is 76.8 cm³/mol. The number of methoxy groups -OCH3 is 3. The van der Waals surface area contributed by atoms with E-state index < -0.39 is 0 Å². The monoisotopic (exact) mass is 282 g/mol. The average molecular weight is 282 g/mol. The lowest BCUT2D eigenvalue weighted by Crippen LogP contribution is -2.11. The Kier molecular flexibility index (Phi) is 4.11. The number of ether oxygens (including phenoxy) is 3. The Bertz CT molecular complexity index is 633. The molecule has 0 aliphatic heterocycles. The third-order valence-electron chi connectivity index (χ3n) is 3.07. The summed E-state index contributed by atoms with van der Waals surface area (Å²) in [5, 5.41) is 0. The first kappa shape index (κ1) is 13.9. The topological polar surface area (TPSA) is 48.4 Å². The fourth-order valence-electron chi connectivity index (χ4n) is 2.21. The summed E-state index contributed by atoms with van der Waals surface area (Å²) in [6.07, 6.45) is 0. The molecule has 0 saturated heterocycles. The van der Waals surface area contributed by atoms with Crippen LogP contribution in [0.1, 0.15) is 13.0 Å². The fraction of sp³-hybridized carbons (Fsp3) is 0.462. The van der Waals surface area contributed by atoms with Crippen LogP contribution in [0.25, 0.3) is 11.0 Å². The summed E-state index contributed by atoms with van der Waals surface area (Å²) < 4.78 is 18.5. The lowest BCUT2D eigenvalue weighted by Gasteiger charge is -2.14. The van der Waals surface area contributed by atoms with Crippen LogP contribution in [0.3, 0.4) is 0 Å². The molecule has 0 aliphatic carbocycles. The van der Waals surface area contributed by atoms with Gasteiger partial charge in [-0.15, -0.1) is 0 Å². The van der Waals surface area contributed by atoms with E-state index in [1.807, 2.05) is 16.7 Å². The average Bonchev–Trinajstić information content (AvgIpc) is 2.72. The number of H-pyrrole nitrogens is 1. The van der Waals surface area contributed by atoms with Gasteiger partial charge in [-0.3, -0.25) is 0 Å². The zero-order valence-corrected chi connectivity index (χ0v) is 12.3. The molecule has 5 nitrogen and oxygen atoms in total. The molecule has 0 spiro atoms. The molecule has 0 aliphatic rings. The van der Waals surface area contributed by atoms with E-state index in [4.69, 9.17) is 26.4 Å². The zero-order chi connectivity index (χ0) is 14.0. The molecule has 1 unspecified atom stereocenters. The van der Waals surface area contributed by atoms with Crippen LogP contribution in [0.2, 0.25) is 0 Å². The molecule has 19 heavy (non-hydrogen) atoms. The van der Waals surface area contributed by atoms with Gasteiger partial charge in [0.05, 0.1) is 37.9 Å². The number of benzene rings is 1. The normalized spacial score (nSPS) is 12.6. The van der Waals surface area contributed by atoms with Gasteiger partial charge in [0.2, 0.25) is 0 Å². The highest BCUT2D eigenvalue weighted by Gasteiger charge is 2.14. The summed E-state index contributed by atoms with van der Waals surface area (Å²) >= 11 is 5.37. The predicted octanol–water partition coefficient (Wildman–Crippen LogP) is 2.92. The number of aromatic amines is 1. The Morgan fingerprint density at radius 2 is 1.84 bits per heavy atom. The van der Waals surface area contributed by atoms with Crippen molar-refractivity contribution < 1.29 is 14.2 Å². The van der Waals surface area contributed by atoms with Crippen molar-refractivity contribution in [1.82, 2.24) is 9.55 Å². The molecular weight excluding hydrogens is 264 g/mol. The molecule has 0 bridgehead atoms. The highest BCUT2D eigenvalue weighted by Crippen LogP contribution is 2.32. The third-order valence-corrected chi connectivity index (χ3v) is 3.37. The van der Waals surface area contributed by atoms with Crippen LogP contribution in [0.4, 0.5) is 0 Å². The first-order valence-electron chi connectivity index (χ1n) is 5.97. The molecule has 1 aromatic carbocycles. The molecular formula is C13H18N2O3S. The van der Waals surface area contributed by atoms with Crippen LogP contribution in [-0.4, -0.2) is 37.5 Å². The number of hydrogen-bond acceptors (Lipinski definition) is 4. The van der Waals surface area contributed by atoms with Gasteiger partial charge < -0.3 is 23.8 Å². The second-order valence-electron chi connectivity index (χ2n) is 4.33. The van der Waals surface area contributed by atoms with E-state index in [1.165, 1.54) is 0 Å². The van der Waals surface area contributed by atoms with Crippen molar-refractivity contribution in [3.63, 3.8) is 0 Å². The number of hydrogen-bond donors (Lipinski definition) is 1. The minimum Gasteiger partial charge on any atom is -0.493 e. The highest BCUT2D eigenvalue weighted by molar-refractivity contribution is 7.71. The van der Waals surface area contributed by atoms with E-state index in [-0.39, 0.29) is 6.04 Å². The van der Waals surface area contributed by atoms with Crippen LogP contribution in [0.15, 0.2) is 12.1 Å². The summed E-state index contributed by atoms with van der Waals surface area (Å²) in [5.41, 5.74) is 1.90. The lowest BCUT2D eigenvalue weighted by atomic mass is 10.2. The van der Waals surface area contributed by atoms with E-state index in [9.17, 15) is 0 Å². The van der Waals surface area contributed by atoms with Crippen molar-refractivity contribution in [2.75, 3.05) is 27.9 Å². The number of fused-ring (bicyclic) bond motifs is 1. The Balaban J connectivity index is 2.65. The van der Waals surface area contributed by atoms with Gasteiger partial charge in [-0.05, 0) is 19.1 Å². The first-order chi connectivity index (χ1) is 9.12. The SMILES string of the molecule is COCC(C)n1c(=S)[nH]c2cc(OC)c(OC)cc21. The highest BCUT2D eigenvalue weighted by atomic mass is 32.1. The largest absolute Gasteiger partial charge is 0.493 e. The van der Waals surface area contributed by atoms with Gasteiger partial charge in [-0.25, -0.2) is 0 Å². The van der Waals surface area contributed by atoms with Gasteiger partial charge in [0, 0.05) is 19.2 Å². The van der Waals surface area contributed by atoms with Crippen LogP contribution < -0.4 is 9.47 Å². The minimum absolute atomic E-state index is 0.143. The number of imidazole rings is 1. The molecule has 1 heterocycles. The van der Waals surface area contributed by atoms with E-state index >= 15 is 0 Å². The van der Waals surface area contributed by atoms with Gasteiger partial charge in [0.15, 0.2) is 16.3 Å². The fourth-order valence-corrected chi connectivity index (χ4v) is 2.59. The second kappa shape index (κ2) is 5.63. The molecule has 1 atom stereocenters. The Labute approximate surface area is 117 Å².